The van der Waals surface area contributed by atoms with Crippen LogP contribution in [0.5, 0.6) is 0 Å². The molecule has 168 valence electrons. The summed E-state index contributed by atoms with van der Waals surface area (Å²) in [5, 5.41) is 2.60. The van der Waals surface area contributed by atoms with Crippen LogP contribution in [0.25, 0.3) is 20.2 Å². The van der Waals surface area contributed by atoms with Crippen molar-refractivity contribution in [2.45, 2.75) is 19.9 Å². The first-order valence-corrected chi connectivity index (χ1v) is 13.4. The fourth-order valence-electron chi connectivity index (χ4n) is 4.09. The first-order chi connectivity index (χ1) is 16.5. The number of fused-ring (bicyclic) bond motifs is 3. The van der Waals surface area contributed by atoms with Crippen molar-refractivity contribution in [1.82, 2.24) is 0 Å². The summed E-state index contributed by atoms with van der Waals surface area (Å²) >= 11 is 9.01. The Morgan fingerprint density at radius 2 is 1.44 bits per heavy atom. The normalized spacial score (nSPS) is 13.5. The third-order valence-corrected chi connectivity index (χ3v) is 7.94. The zero-order valence-corrected chi connectivity index (χ0v) is 22.8. The fraction of sp³-hybridized carbons (Fsp3) is 0.103. The van der Waals surface area contributed by atoms with Crippen molar-refractivity contribution < 1.29 is 0 Å². The molecule has 0 aliphatic heterocycles. The van der Waals surface area contributed by atoms with Crippen LogP contribution in [0.15, 0.2) is 110 Å². The third-order valence-electron chi connectivity index (χ3n) is 5.79. The number of hydrogen-bond acceptors (Lipinski definition) is 2. The number of benzene rings is 4. The Hall–Kier alpha value is -2.60. The van der Waals surface area contributed by atoms with E-state index in [0.717, 1.165) is 31.6 Å². The van der Waals surface area contributed by atoms with Gasteiger partial charge in [-0.25, -0.2) is 4.99 Å². The topological polar surface area (TPSA) is 24.7 Å². The Balaban J connectivity index is 1.62. The summed E-state index contributed by atoms with van der Waals surface area (Å²) in [6.07, 6.45) is 0. The summed E-state index contributed by atoms with van der Waals surface area (Å²) in [5.74, 6) is 0.736. The molecule has 0 radical (unpaired) electrons. The van der Waals surface area contributed by atoms with Crippen LogP contribution in [-0.4, -0.2) is 11.5 Å². The molecular weight excluding hydrogens is 568 g/mol. The molecule has 0 fully saturated rings. The Bertz CT molecular complexity index is 1530. The van der Waals surface area contributed by atoms with Gasteiger partial charge in [-0.3, -0.25) is 4.99 Å². The van der Waals surface area contributed by atoms with Crippen LogP contribution in [0.3, 0.4) is 0 Å². The van der Waals surface area contributed by atoms with Gasteiger partial charge in [0, 0.05) is 40.4 Å². The molecule has 0 amide bonds. The van der Waals surface area contributed by atoms with Crippen molar-refractivity contribution in [3.05, 3.63) is 117 Å². The van der Waals surface area contributed by atoms with Gasteiger partial charge in [-0.2, -0.15) is 0 Å². The molecule has 0 aliphatic rings. The second-order valence-electron chi connectivity index (χ2n) is 8.17. The first-order valence-electron chi connectivity index (χ1n) is 11.0. The minimum atomic E-state index is -0.0437. The lowest BCUT2D eigenvalue weighted by Crippen LogP contribution is -2.06. The molecule has 1 aromatic heterocycles. The number of thiophene rings is 1. The Labute approximate surface area is 220 Å². The number of hydrogen-bond donors (Lipinski definition) is 0. The highest BCUT2D eigenvalue weighted by molar-refractivity contribution is 9.11. The molecule has 5 aromatic rings. The summed E-state index contributed by atoms with van der Waals surface area (Å²) < 4.78 is 4.62. The highest BCUT2D eigenvalue weighted by Crippen LogP contribution is 2.38. The minimum Gasteiger partial charge on any atom is -0.258 e. The van der Waals surface area contributed by atoms with Crippen LogP contribution in [0.2, 0.25) is 0 Å². The number of rotatable bonds is 4. The van der Waals surface area contributed by atoms with Crippen molar-refractivity contribution in [1.29, 1.82) is 0 Å². The van der Waals surface area contributed by atoms with E-state index < -0.39 is 0 Å². The molecule has 1 atom stereocenters. The molecule has 34 heavy (non-hydrogen) atoms. The SMILES string of the molecule is CC(=NC(=NC(C)c1cccc2c1sc1ccccc12)c1ccccc1)c1cc(Br)cc(Br)c1. The molecule has 5 heteroatoms. The average molecular weight is 590 g/mol. The second-order valence-corrected chi connectivity index (χ2v) is 11.1. The van der Waals surface area contributed by atoms with Gasteiger partial charge in [-0.15, -0.1) is 11.3 Å². The van der Waals surface area contributed by atoms with E-state index in [4.69, 9.17) is 9.98 Å². The fourth-order valence-corrected chi connectivity index (χ4v) is 6.68. The quantitative estimate of drug-likeness (QED) is 0.147. The molecule has 1 heterocycles. The zero-order valence-electron chi connectivity index (χ0n) is 18.8. The van der Waals surface area contributed by atoms with Crippen LogP contribution in [0, 0.1) is 0 Å². The van der Waals surface area contributed by atoms with E-state index in [1.807, 2.05) is 42.5 Å². The van der Waals surface area contributed by atoms with Gasteiger partial charge in [0.25, 0.3) is 0 Å². The van der Waals surface area contributed by atoms with E-state index in [1.165, 1.54) is 25.7 Å². The summed E-state index contributed by atoms with van der Waals surface area (Å²) in [7, 11) is 0. The van der Waals surface area contributed by atoms with Gasteiger partial charge >= 0.3 is 0 Å². The van der Waals surface area contributed by atoms with E-state index in [0.29, 0.717) is 0 Å². The van der Waals surface area contributed by atoms with Gasteiger partial charge in [0.05, 0.1) is 6.04 Å². The standard InChI is InChI=1S/C29H22Br2N2S/c1-18(21-15-22(30)17-23(31)16-21)32-29(20-9-4-3-5-10-20)33-19(2)24-12-8-13-26-25-11-6-7-14-27(25)34-28(24)26/h3-17,19H,1-2H3. The highest BCUT2D eigenvalue weighted by atomic mass is 79.9. The van der Waals surface area contributed by atoms with Gasteiger partial charge in [0.1, 0.15) is 0 Å². The highest BCUT2D eigenvalue weighted by Gasteiger charge is 2.15. The van der Waals surface area contributed by atoms with Gasteiger partial charge < -0.3 is 0 Å². The Morgan fingerprint density at radius 3 is 2.21 bits per heavy atom. The summed E-state index contributed by atoms with van der Waals surface area (Å²) in [6, 6.07) is 31.5. The lowest BCUT2D eigenvalue weighted by atomic mass is 10.0. The summed E-state index contributed by atoms with van der Waals surface area (Å²) in [5.41, 5.74) is 4.19. The lowest BCUT2D eigenvalue weighted by molar-refractivity contribution is 0.828. The molecule has 0 N–H and O–H groups in total. The van der Waals surface area contributed by atoms with Crippen molar-refractivity contribution in [3.63, 3.8) is 0 Å². The van der Waals surface area contributed by atoms with Crippen LogP contribution in [0.1, 0.15) is 36.6 Å². The molecule has 0 bridgehead atoms. The maximum Gasteiger partial charge on any atom is 0.155 e. The maximum atomic E-state index is 5.16. The average Bonchev–Trinajstić information content (AvgIpc) is 3.22. The Kier molecular flexibility index (Phi) is 6.77. The van der Waals surface area contributed by atoms with E-state index in [9.17, 15) is 0 Å². The van der Waals surface area contributed by atoms with Crippen LogP contribution in [0.4, 0.5) is 0 Å². The molecule has 0 saturated carbocycles. The minimum absolute atomic E-state index is 0.0437. The van der Waals surface area contributed by atoms with Crippen molar-refractivity contribution in [2.24, 2.45) is 9.98 Å². The van der Waals surface area contributed by atoms with Gasteiger partial charge in [-0.1, -0.05) is 98.6 Å². The van der Waals surface area contributed by atoms with Crippen LogP contribution >= 0.6 is 43.2 Å². The molecule has 0 saturated heterocycles. The van der Waals surface area contributed by atoms with Crippen molar-refractivity contribution in [3.8, 4) is 0 Å². The summed E-state index contributed by atoms with van der Waals surface area (Å²) in [4.78, 5) is 10.2. The second kappa shape index (κ2) is 9.95. The predicted octanol–water partition coefficient (Wildman–Crippen LogP) is 9.60. The van der Waals surface area contributed by atoms with Gasteiger partial charge in [-0.05, 0) is 49.2 Å². The Morgan fingerprint density at radius 1 is 0.765 bits per heavy atom. The monoisotopic (exact) mass is 588 g/mol. The smallest absolute Gasteiger partial charge is 0.155 e. The van der Waals surface area contributed by atoms with E-state index in [-0.39, 0.29) is 6.04 Å². The number of halogens is 2. The molecule has 5 rings (SSSR count). The molecule has 1 unspecified atom stereocenters. The number of amidine groups is 1. The molecular formula is C29H22Br2N2S. The molecule has 2 nitrogen and oxygen atoms in total. The predicted molar refractivity (Wildman–Crippen MR) is 155 cm³/mol. The summed E-state index contributed by atoms with van der Waals surface area (Å²) in [6.45, 7) is 4.19. The van der Waals surface area contributed by atoms with E-state index in [2.05, 4.69) is 106 Å². The number of aliphatic imine (C=N–C) groups is 2. The molecule has 0 aliphatic carbocycles. The maximum absolute atomic E-state index is 5.16. The van der Waals surface area contributed by atoms with E-state index in [1.54, 1.807) is 0 Å². The third kappa shape index (κ3) is 4.78. The lowest BCUT2D eigenvalue weighted by Gasteiger charge is -2.12. The van der Waals surface area contributed by atoms with E-state index >= 15 is 0 Å². The van der Waals surface area contributed by atoms with Gasteiger partial charge in [0.15, 0.2) is 5.84 Å². The van der Waals surface area contributed by atoms with Crippen molar-refractivity contribution in [2.75, 3.05) is 0 Å². The first kappa shape index (κ1) is 23.2. The number of nitrogens with zero attached hydrogens (tertiary/aromatic N) is 2. The van der Waals surface area contributed by atoms with Gasteiger partial charge in [0.2, 0.25) is 0 Å². The molecule has 0 spiro atoms. The van der Waals surface area contributed by atoms with Crippen LogP contribution in [-0.2, 0) is 0 Å². The largest absolute Gasteiger partial charge is 0.258 e. The molecule has 4 aromatic carbocycles. The van der Waals surface area contributed by atoms with Crippen LogP contribution < -0.4 is 0 Å². The van der Waals surface area contributed by atoms with Crippen molar-refractivity contribution >= 4 is 74.9 Å². The zero-order chi connectivity index (χ0) is 23.7.